The first-order chi connectivity index (χ1) is 15.3. The summed E-state index contributed by atoms with van der Waals surface area (Å²) in [7, 11) is 3.52. The third-order valence-electron chi connectivity index (χ3n) is 5.44. The number of hydrogen-bond donors (Lipinski definition) is 1. The summed E-state index contributed by atoms with van der Waals surface area (Å²) in [5, 5.41) is 3.47. The van der Waals surface area contributed by atoms with Crippen LogP contribution in [0.3, 0.4) is 0 Å². The van der Waals surface area contributed by atoms with Crippen LogP contribution in [-0.4, -0.2) is 57.9 Å². The summed E-state index contributed by atoms with van der Waals surface area (Å²) in [6.07, 6.45) is 2.08. The van der Waals surface area contributed by atoms with E-state index in [0.29, 0.717) is 25.7 Å². The van der Waals surface area contributed by atoms with Crippen LogP contribution in [0.5, 0.6) is 5.75 Å². The van der Waals surface area contributed by atoms with Gasteiger partial charge in [0.15, 0.2) is 5.96 Å². The van der Waals surface area contributed by atoms with Crippen molar-refractivity contribution in [2.75, 3.05) is 47.0 Å². The summed E-state index contributed by atoms with van der Waals surface area (Å²) in [5.74, 6) is 2.39. The summed E-state index contributed by atoms with van der Waals surface area (Å²) >= 11 is 0. The fraction of sp³-hybridized carbons (Fsp3) is 0.480. The molecule has 0 bridgehead atoms. The molecule has 1 heterocycles. The lowest BCUT2D eigenvalue weighted by Gasteiger charge is -2.21. The number of benzene rings is 2. The monoisotopic (exact) mass is 553 g/mol. The zero-order valence-electron chi connectivity index (χ0n) is 19.2. The van der Waals surface area contributed by atoms with Gasteiger partial charge in [0.25, 0.3) is 0 Å². The Bertz CT molecular complexity index is 787. The average Bonchev–Trinajstić information content (AvgIpc) is 3.28. The van der Waals surface area contributed by atoms with Crippen LogP contribution in [-0.2, 0) is 22.7 Å². The van der Waals surface area contributed by atoms with Gasteiger partial charge < -0.3 is 24.4 Å². The van der Waals surface area contributed by atoms with Crippen LogP contribution in [0.4, 0.5) is 0 Å². The van der Waals surface area contributed by atoms with E-state index in [-0.39, 0.29) is 24.0 Å². The Hall–Kier alpha value is -1.84. The predicted molar refractivity (Wildman–Crippen MR) is 140 cm³/mol. The zero-order chi connectivity index (χ0) is 21.7. The topological polar surface area (TPSA) is 55.3 Å². The third kappa shape index (κ3) is 8.96. The molecule has 1 fully saturated rings. The molecule has 2 aromatic rings. The largest absolute Gasteiger partial charge is 0.497 e. The van der Waals surface area contributed by atoms with E-state index in [2.05, 4.69) is 39.5 Å². The van der Waals surface area contributed by atoms with E-state index in [1.54, 1.807) is 7.11 Å². The van der Waals surface area contributed by atoms with Crippen LogP contribution in [0.25, 0.3) is 0 Å². The smallest absolute Gasteiger partial charge is 0.193 e. The van der Waals surface area contributed by atoms with Crippen LogP contribution >= 0.6 is 24.0 Å². The molecule has 1 aliphatic rings. The van der Waals surface area contributed by atoms with Crippen molar-refractivity contribution in [1.29, 1.82) is 0 Å². The number of ether oxygens (including phenoxy) is 3. The Labute approximate surface area is 209 Å². The number of aliphatic imine (C=N–C) groups is 1. The van der Waals surface area contributed by atoms with Crippen molar-refractivity contribution in [3.05, 3.63) is 65.7 Å². The first-order valence-corrected chi connectivity index (χ1v) is 11.1. The normalized spacial score (nSPS) is 16.0. The van der Waals surface area contributed by atoms with E-state index in [4.69, 9.17) is 14.2 Å². The molecule has 0 spiro atoms. The number of methoxy groups -OCH3 is 1. The van der Waals surface area contributed by atoms with Crippen molar-refractivity contribution in [3.63, 3.8) is 0 Å². The van der Waals surface area contributed by atoms with Gasteiger partial charge in [0.2, 0.25) is 0 Å². The molecule has 32 heavy (non-hydrogen) atoms. The summed E-state index contributed by atoms with van der Waals surface area (Å²) in [4.78, 5) is 6.78. The average molecular weight is 553 g/mol. The highest BCUT2D eigenvalue weighted by Gasteiger charge is 2.24. The second-order valence-corrected chi connectivity index (χ2v) is 7.83. The van der Waals surface area contributed by atoms with E-state index in [1.807, 2.05) is 37.4 Å². The van der Waals surface area contributed by atoms with Gasteiger partial charge in [0, 0.05) is 39.2 Å². The number of nitrogens with one attached hydrogen (secondary N) is 1. The minimum absolute atomic E-state index is 0. The van der Waals surface area contributed by atoms with Gasteiger partial charge in [0.05, 0.1) is 26.9 Å². The van der Waals surface area contributed by atoms with Gasteiger partial charge in [-0.05, 0) is 36.1 Å². The lowest BCUT2D eigenvalue weighted by Crippen LogP contribution is -2.40. The molecule has 0 radical (unpaired) electrons. The number of guanidine groups is 1. The van der Waals surface area contributed by atoms with Gasteiger partial charge in [-0.25, -0.2) is 0 Å². The highest BCUT2D eigenvalue weighted by Crippen LogP contribution is 2.17. The molecular formula is C25H36IN3O3. The fourth-order valence-electron chi connectivity index (χ4n) is 3.70. The molecular weight excluding hydrogens is 517 g/mol. The van der Waals surface area contributed by atoms with Crippen molar-refractivity contribution in [1.82, 2.24) is 10.2 Å². The lowest BCUT2D eigenvalue weighted by atomic mass is 10.1. The van der Waals surface area contributed by atoms with Crippen LogP contribution in [0.2, 0.25) is 0 Å². The van der Waals surface area contributed by atoms with Gasteiger partial charge in [-0.1, -0.05) is 42.5 Å². The summed E-state index contributed by atoms with van der Waals surface area (Å²) in [5.41, 5.74) is 2.38. The highest BCUT2D eigenvalue weighted by atomic mass is 127. The second kappa shape index (κ2) is 15.1. The summed E-state index contributed by atoms with van der Waals surface area (Å²) in [6, 6.07) is 18.3. The van der Waals surface area contributed by atoms with Crippen molar-refractivity contribution in [2.45, 2.75) is 26.1 Å². The first kappa shape index (κ1) is 26.4. The van der Waals surface area contributed by atoms with Crippen molar-refractivity contribution in [2.24, 2.45) is 10.9 Å². The Morgan fingerprint density at radius 2 is 1.75 bits per heavy atom. The van der Waals surface area contributed by atoms with Crippen molar-refractivity contribution in [3.8, 4) is 5.75 Å². The molecule has 1 atom stereocenters. The van der Waals surface area contributed by atoms with Gasteiger partial charge in [-0.15, -0.1) is 24.0 Å². The Balaban J connectivity index is 0.00000363. The van der Waals surface area contributed by atoms with E-state index < -0.39 is 0 Å². The minimum Gasteiger partial charge on any atom is -0.497 e. The molecule has 3 rings (SSSR count). The maximum absolute atomic E-state index is 5.93. The van der Waals surface area contributed by atoms with E-state index in [0.717, 1.165) is 56.4 Å². The molecule has 0 amide bonds. The van der Waals surface area contributed by atoms with Gasteiger partial charge in [-0.2, -0.15) is 0 Å². The minimum atomic E-state index is 0. The summed E-state index contributed by atoms with van der Waals surface area (Å²) in [6.45, 7) is 5.67. The van der Waals surface area contributed by atoms with E-state index in [1.165, 1.54) is 5.56 Å². The Morgan fingerprint density at radius 3 is 2.47 bits per heavy atom. The second-order valence-electron chi connectivity index (χ2n) is 7.83. The molecule has 0 saturated carbocycles. The van der Waals surface area contributed by atoms with E-state index >= 15 is 0 Å². The zero-order valence-corrected chi connectivity index (χ0v) is 21.5. The molecule has 176 valence electrons. The lowest BCUT2D eigenvalue weighted by molar-refractivity contribution is 0.0906. The standard InChI is InChI=1S/C25H35N3O3.HI/c1-26-25(27-14-6-16-30-18-22-9-11-24(29-2)12-10-22)28-15-13-23(17-28)20-31-19-21-7-4-3-5-8-21;/h3-5,7-12,23H,6,13-20H2,1-2H3,(H,26,27);1H. The molecule has 7 heteroatoms. The van der Waals surface area contributed by atoms with Crippen molar-refractivity contribution >= 4 is 29.9 Å². The molecule has 0 aliphatic carbocycles. The molecule has 0 aromatic heterocycles. The Kier molecular flexibility index (Phi) is 12.4. The molecule has 6 nitrogen and oxygen atoms in total. The number of halogens is 1. The molecule has 1 saturated heterocycles. The highest BCUT2D eigenvalue weighted by molar-refractivity contribution is 14.0. The maximum atomic E-state index is 5.93. The number of hydrogen-bond acceptors (Lipinski definition) is 4. The van der Waals surface area contributed by atoms with Crippen LogP contribution in [0, 0.1) is 5.92 Å². The molecule has 1 aliphatic heterocycles. The number of likely N-dealkylation sites (tertiary alicyclic amines) is 1. The third-order valence-corrected chi connectivity index (χ3v) is 5.44. The van der Waals surface area contributed by atoms with Gasteiger partial charge in [0.1, 0.15) is 5.75 Å². The predicted octanol–water partition coefficient (Wildman–Crippen LogP) is 4.33. The SMILES string of the molecule is CN=C(NCCCOCc1ccc(OC)cc1)N1CCC(COCc2ccccc2)C1.I. The van der Waals surface area contributed by atoms with Gasteiger partial charge >= 0.3 is 0 Å². The van der Waals surface area contributed by atoms with Crippen molar-refractivity contribution < 1.29 is 14.2 Å². The van der Waals surface area contributed by atoms with E-state index in [9.17, 15) is 0 Å². The molecule has 1 N–H and O–H groups in total. The molecule has 2 aromatic carbocycles. The fourth-order valence-corrected chi connectivity index (χ4v) is 3.70. The summed E-state index contributed by atoms with van der Waals surface area (Å²) < 4.78 is 16.9. The molecule has 1 unspecified atom stereocenters. The van der Waals surface area contributed by atoms with Gasteiger partial charge in [-0.3, -0.25) is 4.99 Å². The number of rotatable bonds is 11. The Morgan fingerprint density at radius 1 is 1.03 bits per heavy atom. The van der Waals surface area contributed by atoms with Crippen LogP contribution in [0.15, 0.2) is 59.6 Å². The number of nitrogens with zero attached hydrogens (tertiary/aromatic N) is 2. The first-order valence-electron chi connectivity index (χ1n) is 11.1. The van der Waals surface area contributed by atoms with Crippen LogP contribution in [0.1, 0.15) is 24.0 Å². The maximum Gasteiger partial charge on any atom is 0.193 e. The quantitative estimate of drug-likeness (QED) is 0.194. The van der Waals surface area contributed by atoms with Crippen LogP contribution < -0.4 is 10.1 Å².